The van der Waals surface area contributed by atoms with Crippen molar-refractivity contribution in [3.63, 3.8) is 0 Å². The lowest BCUT2D eigenvalue weighted by molar-refractivity contribution is -0.122. The summed E-state index contributed by atoms with van der Waals surface area (Å²) in [7, 11) is 1.78. The maximum Gasteiger partial charge on any atom is 0.273 e. The first-order valence-electron chi connectivity index (χ1n) is 8.93. The summed E-state index contributed by atoms with van der Waals surface area (Å²) in [5, 5.41) is 9.87. The van der Waals surface area contributed by atoms with Crippen molar-refractivity contribution in [2.75, 3.05) is 13.1 Å². The van der Waals surface area contributed by atoms with Crippen molar-refractivity contribution in [1.82, 2.24) is 25.4 Å². The van der Waals surface area contributed by atoms with Gasteiger partial charge in [0.2, 0.25) is 5.91 Å². The first-order chi connectivity index (χ1) is 11.9. The molecule has 1 aliphatic rings. The summed E-state index contributed by atoms with van der Waals surface area (Å²) < 4.78 is 1.65. The number of H-pyrrole nitrogens is 1. The molecular weight excluding hydrogens is 318 g/mol. The van der Waals surface area contributed by atoms with Gasteiger partial charge in [-0.15, -0.1) is 0 Å². The van der Waals surface area contributed by atoms with Gasteiger partial charge >= 0.3 is 0 Å². The third-order valence-corrected chi connectivity index (χ3v) is 5.31. The fourth-order valence-electron chi connectivity index (χ4n) is 3.76. The van der Waals surface area contributed by atoms with E-state index in [-0.39, 0.29) is 17.5 Å². The number of piperidine rings is 1. The Morgan fingerprint density at radius 3 is 2.88 bits per heavy atom. The summed E-state index contributed by atoms with van der Waals surface area (Å²) in [6, 6.07) is 0.244. The zero-order valence-electron chi connectivity index (χ0n) is 15.4. The number of rotatable bonds is 4. The lowest BCUT2D eigenvalue weighted by atomic mass is 9.95. The zero-order valence-corrected chi connectivity index (χ0v) is 15.4. The van der Waals surface area contributed by atoms with Crippen LogP contribution < -0.4 is 16.2 Å². The van der Waals surface area contributed by atoms with E-state index in [2.05, 4.69) is 27.6 Å². The predicted molar refractivity (Wildman–Crippen MR) is 97.7 cm³/mol. The van der Waals surface area contributed by atoms with Gasteiger partial charge in [0, 0.05) is 25.2 Å². The number of hydrogen-bond donors (Lipinski definition) is 3. The van der Waals surface area contributed by atoms with Gasteiger partial charge in [-0.1, -0.05) is 6.92 Å². The van der Waals surface area contributed by atoms with Gasteiger partial charge in [-0.3, -0.25) is 19.4 Å². The largest absolute Gasteiger partial charge is 0.353 e. The molecule has 25 heavy (non-hydrogen) atoms. The molecule has 3 rings (SSSR count). The van der Waals surface area contributed by atoms with E-state index in [1.165, 1.54) is 0 Å². The molecule has 1 fully saturated rings. The first-order valence-corrected chi connectivity index (χ1v) is 8.93. The highest BCUT2D eigenvalue weighted by Gasteiger charge is 2.23. The Bertz CT molecular complexity index is 851. The summed E-state index contributed by atoms with van der Waals surface area (Å²) in [4.78, 5) is 29.0. The van der Waals surface area contributed by atoms with Crippen LogP contribution in [0.4, 0.5) is 0 Å². The number of pyridine rings is 1. The van der Waals surface area contributed by atoms with E-state index in [1.54, 1.807) is 11.7 Å². The van der Waals surface area contributed by atoms with Gasteiger partial charge in [-0.2, -0.15) is 0 Å². The van der Waals surface area contributed by atoms with Crippen LogP contribution in [0.25, 0.3) is 11.0 Å². The Kier molecular flexibility index (Phi) is 4.94. The molecule has 7 nitrogen and oxygen atoms in total. The van der Waals surface area contributed by atoms with Gasteiger partial charge in [0.05, 0.1) is 5.39 Å². The van der Waals surface area contributed by atoms with Crippen LogP contribution in [-0.4, -0.2) is 39.8 Å². The minimum atomic E-state index is -0.128. The molecule has 2 aromatic heterocycles. The number of carbonyl (C=O) groups is 1. The third kappa shape index (κ3) is 3.46. The highest BCUT2D eigenvalue weighted by Crippen LogP contribution is 2.21. The van der Waals surface area contributed by atoms with Crippen molar-refractivity contribution in [3.8, 4) is 0 Å². The van der Waals surface area contributed by atoms with Crippen LogP contribution in [-0.2, 0) is 18.3 Å². The molecule has 3 N–H and O–H groups in total. The van der Waals surface area contributed by atoms with Crippen LogP contribution in [0.15, 0.2) is 4.79 Å². The van der Waals surface area contributed by atoms with Crippen molar-refractivity contribution >= 4 is 16.9 Å². The van der Waals surface area contributed by atoms with E-state index in [0.717, 1.165) is 36.3 Å². The second-order valence-electron chi connectivity index (χ2n) is 7.14. The average Bonchev–Trinajstić information content (AvgIpc) is 2.83. The molecule has 1 saturated heterocycles. The SMILES string of the molecule is Cc1nc2c(c(C)c1CCC(=O)NC1CCNCC1C)c(=O)[nH]n2C. The van der Waals surface area contributed by atoms with Crippen molar-refractivity contribution in [2.24, 2.45) is 13.0 Å². The molecule has 2 atom stereocenters. The maximum absolute atomic E-state index is 12.4. The van der Waals surface area contributed by atoms with Crippen LogP contribution >= 0.6 is 0 Å². The van der Waals surface area contributed by atoms with E-state index >= 15 is 0 Å². The van der Waals surface area contributed by atoms with Gasteiger partial charge < -0.3 is 10.6 Å². The number of hydrogen-bond acceptors (Lipinski definition) is 4. The highest BCUT2D eigenvalue weighted by molar-refractivity contribution is 5.81. The second-order valence-corrected chi connectivity index (χ2v) is 7.14. The summed E-state index contributed by atoms with van der Waals surface area (Å²) in [5.74, 6) is 0.515. The lowest BCUT2D eigenvalue weighted by Gasteiger charge is -2.30. The van der Waals surface area contributed by atoms with E-state index < -0.39 is 0 Å². The van der Waals surface area contributed by atoms with Gasteiger partial charge in [0.1, 0.15) is 0 Å². The van der Waals surface area contributed by atoms with E-state index in [4.69, 9.17) is 0 Å². The van der Waals surface area contributed by atoms with Crippen molar-refractivity contribution in [2.45, 2.75) is 46.1 Å². The molecule has 0 aliphatic carbocycles. The standard InChI is InChI=1S/C18H27N5O2/c1-10-9-19-8-7-14(10)21-15(24)6-5-13-11(2)16-17(20-12(13)3)23(4)22-18(16)25/h10,14,19H,5-9H2,1-4H3,(H,21,24)(H,22,25). The van der Waals surface area contributed by atoms with Gasteiger partial charge in [0.25, 0.3) is 5.56 Å². The van der Waals surface area contributed by atoms with Gasteiger partial charge in [0.15, 0.2) is 5.65 Å². The quantitative estimate of drug-likeness (QED) is 0.768. The number of aryl methyl sites for hydroxylation is 3. The molecule has 0 radical (unpaired) electrons. The monoisotopic (exact) mass is 345 g/mol. The fourth-order valence-corrected chi connectivity index (χ4v) is 3.76. The van der Waals surface area contributed by atoms with Crippen LogP contribution in [0.1, 0.15) is 36.6 Å². The maximum atomic E-state index is 12.4. The molecule has 0 spiro atoms. The third-order valence-electron chi connectivity index (χ3n) is 5.31. The van der Waals surface area contributed by atoms with Gasteiger partial charge in [-0.25, -0.2) is 4.98 Å². The number of aromatic amines is 1. The Hall–Kier alpha value is -2.15. The number of nitrogens with one attached hydrogen (secondary N) is 3. The molecule has 1 aliphatic heterocycles. The first kappa shape index (κ1) is 17.7. The van der Waals surface area contributed by atoms with Crippen LogP contribution in [0.3, 0.4) is 0 Å². The normalized spacial score (nSPS) is 20.8. The van der Waals surface area contributed by atoms with Crippen molar-refractivity contribution < 1.29 is 4.79 Å². The Morgan fingerprint density at radius 1 is 1.40 bits per heavy atom. The zero-order chi connectivity index (χ0) is 18.1. The molecule has 0 aromatic carbocycles. The fraction of sp³-hybridized carbons (Fsp3) is 0.611. The Labute approximate surface area is 147 Å². The molecule has 0 saturated carbocycles. The lowest BCUT2D eigenvalue weighted by Crippen LogP contribution is -2.48. The summed E-state index contributed by atoms with van der Waals surface area (Å²) in [5.41, 5.74) is 3.33. The minimum absolute atomic E-state index is 0.0691. The minimum Gasteiger partial charge on any atom is -0.353 e. The van der Waals surface area contributed by atoms with Crippen LogP contribution in [0.5, 0.6) is 0 Å². The molecule has 3 heterocycles. The average molecular weight is 345 g/mol. The molecule has 2 aromatic rings. The number of aromatic nitrogens is 3. The van der Waals surface area contributed by atoms with Gasteiger partial charge in [-0.05, 0) is 56.8 Å². The number of nitrogens with zero attached hydrogens (tertiary/aromatic N) is 2. The molecule has 0 bridgehead atoms. The van der Waals surface area contributed by atoms with Crippen molar-refractivity contribution in [1.29, 1.82) is 0 Å². The number of fused-ring (bicyclic) bond motifs is 1. The molecule has 136 valence electrons. The summed E-state index contributed by atoms with van der Waals surface area (Å²) >= 11 is 0. The molecular formula is C18H27N5O2. The Balaban J connectivity index is 1.73. The smallest absolute Gasteiger partial charge is 0.273 e. The number of amides is 1. The van der Waals surface area contributed by atoms with Crippen molar-refractivity contribution in [3.05, 3.63) is 27.2 Å². The summed E-state index contributed by atoms with van der Waals surface area (Å²) in [6.07, 6.45) is 1.98. The molecule has 1 amide bonds. The van der Waals surface area contributed by atoms with Crippen LogP contribution in [0, 0.1) is 19.8 Å². The molecule has 7 heteroatoms. The predicted octanol–water partition coefficient (Wildman–Crippen LogP) is 0.925. The van der Waals surface area contributed by atoms with E-state index in [9.17, 15) is 9.59 Å². The molecule has 2 unspecified atom stereocenters. The summed E-state index contributed by atoms with van der Waals surface area (Å²) in [6.45, 7) is 7.93. The highest BCUT2D eigenvalue weighted by atomic mass is 16.1. The Morgan fingerprint density at radius 2 is 2.16 bits per heavy atom. The van der Waals surface area contributed by atoms with E-state index in [1.807, 2.05) is 13.8 Å². The number of carbonyl (C=O) groups excluding carboxylic acids is 1. The topological polar surface area (TPSA) is 91.8 Å². The van der Waals surface area contributed by atoms with E-state index in [0.29, 0.717) is 29.8 Å². The van der Waals surface area contributed by atoms with Crippen LogP contribution in [0.2, 0.25) is 0 Å². The second kappa shape index (κ2) is 7.00.